The SMILES string of the molecule is Cc1cc(-c2ccccc2)nc(SC(C)C(=O)Nc2ccc(N3CCOCC3)cc2)n1. The van der Waals surface area contributed by atoms with E-state index in [1.807, 2.05) is 74.5 Å². The molecule has 1 atom stereocenters. The zero-order valence-corrected chi connectivity index (χ0v) is 18.6. The first-order valence-corrected chi connectivity index (χ1v) is 11.3. The molecule has 0 spiro atoms. The van der Waals surface area contributed by atoms with E-state index in [2.05, 4.69) is 20.2 Å². The first kappa shape index (κ1) is 21.3. The van der Waals surface area contributed by atoms with Crippen molar-refractivity contribution in [2.75, 3.05) is 36.5 Å². The number of nitrogens with zero attached hydrogens (tertiary/aromatic N) is 3. The van der Waals surface area contributed by atoms with Gasteiger partial charge in [0, 0.05) is 35.7 Å². The molecule has 0 saturated carbocycles. The molecule has 1 aliphatic rings. The lowest BCUT2D eigenvalue weighted by atomic mass is 10.1. The summed E-state index contributed by atoms with van der Waals surface area (Å²) in [5, 5.41) is 3.27. The van der Waals surface area contributed by atoms with Crippen molar-refractivity contribution < 1.29 is 9.53 Å². The lowest BCUT2D eigenvalue weighted by Gasteiger charge is -2.28. The van der Waals surface area contributed by atoms with Crippen LogP contribution in [0.1, 0.15) is 12.6 Å². The van der Waals surface area contributed by atoms with Gasteiger partial charge in [-0.1, -0.05) is 42.1 Å². The van der Waals surface area contributed by atoms with Crippen LogP contribution in [-0.4, -0.2) is 47.4 Å². The number of nitrogens with one attached hydrogen (secondary N) is 1. The van der Waals surface area contributed by atoms with Crippen molar-refractivity contribution in [3.05, 3.63) is 66.4 Å². The number of aryl methyl sites for hydroxylation is 1. The standard InChI is InChI=1S/C24H26N4O2S/c1-17-16-22(19-6-4-3-5-7-19)27-24(25-17)31-18(2)23(29)26-20-8-10-21(11-9-20)28-12-14-30-15-13-28/h3-11,16,18H,12-15H2,1-2H3,(H,26,29). The summed E-state index contributed by atoms with van der Waals surface area (Å²) in [4.78, 5) is 24.2. The predicted molar refractivity (Wildman–Crippen MR) is 126 cm³/mol. The largest absolute Gasteiger partial charge is 0.378 e. The highest BCUT2D eigenvalue weighted by Gasteiger charge is 2.18. The van der Waals surface area contributed by atoms with Gasteiger partial charge >= 0.3 is 0 Å². The van der Waals surface area contributed by atoms with E-state index in [0.29, 0.717) is 5.16 Å². The second-order valence-electron chi connectivity index (χ2n) is 7.44. The fourth-order valence-corrected chi connectivity index (χ4v) is 4.21. The maximum Gasteiger partial charge on any atom is 0.237 e. The summed E-state index contributed by atoms with van der Waals surface area (Å²) in [5.41, 5.74) is 4.70. The van der Waals surface area contributed by atoms with E-state index >= 15 is 0 Å². The van der Waals surface area contributed by atoms with Gasteiger partial charge < -0.3 is 15.0 Å². The maximum absolute atomic E-state index is 12.7. The highest BCUT2D eigenvalue weighted by molar-refractivity contribution is 8.00. The molecule has 1 saturated heterocycles. The Hall–Kier alpha value is -2.90. The number of thioether (sulfide) groups is 1. The van der Waals surface area contributed by atoms with Crippen molar-refractivity contribution in [3.63, 3.8) is 0 Å². The molecule has 1 unspecified atom stereocenters. The van der Waals surface area contributed by atoms with Crippen LogP contribution in [0.25, 0.3) is 11.3 Å². The van der Waals surface area contributed by atoms with Gasteiger partial charge in [-0.3, -0.25) is 4.79 Å². The van der Waals surface area contributed by atoms with Crippen LogP contribution < -0.4 is 10.2 Å². The fraction of sp³-hybridized carbons (Fsp3) is 0.292. The zero-order chi connectivity index (χ0) is 21.6. The van der Waals surface area contributed by atoms with Gasteiger partial charge in [-0.2, -0.15) is 0 Å². The van der Waals surface area contributed by atoms with Crippen molar-refractivity contribution in [1.82, 2.24) is 9.97 Å². The number of aromatic nitrogens is 2. The number of benzene rings is 2. The summed E-state index contributed by atoms with van der Waals surface area (Å²) >= 11 is 1.36. The van der Waals surface area contributed by atoms with Crippen molar-refractivity contribution in [3.8, 4) is 11.3 Å². The molecule has 160 valence electrons. The molecule has 1 fully saturated rings. The molecule has 1 N–H and O–H groups in total. The lowest BCUT2D eigenvalue weighted by Crippen LogP contribution is -2.36. The number of rotatable bonds is 6. The van der Waals surface area contributed by atoms with Crippen molar-refractivity contribution >= 4 is 29.0 Å². The molecule has 1 aromatic heterocycles. The van der Waals surface area contributed by atoms with Crippen LogP contribution in [0.2, 0.25) is 0 Å². The Morgan fingerprint density at radius 2 is 1.77 bits per heavy atom. The first-order valence-electron chi connectivity index (χ1n) is 10.4. The van der Waals surface area contributed by atoms with Crippen LogP contribution in [0.4, 0.5) is 11.4 Å². The number of carbonyl (C=O) groups is 1. The van der Waals surface area contributed by atoms with E-state index in [1.54, 1.807) is 0 Å². The average molecular weight is 435 g/mol. The Bertz CT molecular complexity index is 1020. The molecule has 4 rings (SSSR count). The quantitative estimate of drug-likeness (QED) is 0.458. The van der Waals surface area contributed by atoms with E-state index in [0.717, 1.165) is 54.6 Å². The molecule has 0 aliphatic carbocycles. The van der Waals surface area contributed by atoms with Gasteiger partial charge in [0.05, 0.1) is 24.2 Å². The van der Waals surface area contributed by atoms with Gasteiger partial charge in [0.25, 0.3) is 0 Å². The van der Waals surface area contributed by atoms with E-state index < -0.39 is 0 Å². The number of anilines is 2. The number of ether oxygens (including phenoxy) is 1. The Kier molecular flexibility index (Phi) is 6.84. The molecule has 2 aromatic carbocycles. The molecule has 6 nitrogen and oxygen atoms in total. The monoisotopic (exact) mass is 434 g/mol. The third-order valence-electron chi connectivity index (χ3n) is 5.07. The Balaban J connectivity index is 1.39. The van der Waals surface area contributed by atoms with Crippen LogP contribution in [0.15, 0.2) is 65.8 Å². The first-order chi connectivity index (χ1) is 15.1. The summed E-state index contributed by atoms with van der Waals surface area (Å²) in [6.45, 7) is 7.09. The zero-order valence-electron chi connectivity index (χ0n) is 17.7. The Labute approximate surface area is 187 Å². The summed E-state index contributed by atoms with van der Waals surface area (Å²) < 4.78 is 5.40. The summed E-state index contributed by atoms with van der Waals surface area (Å²) in [6, 6.07) is 19.9. The average Bonchev–Trinajstić information content (AvgIpc) is 2.80. The molecule has 1 aliphatic heterocycles. The minimum absolute atomic E-state index is 0.0736. The Morgan fingerprint density at radius 3 is 2.48 bits per heavy atom. The topological polar surface area (TPSA) is 67.4 Å². The molecule has 3 aromatic rings. The molecule has 31 heavy (non-hydrogen) atoms. The van der Waals surface area contributed by atoms with Crippen LogP contribution in [0.5, 0.6) is 0 Å². The summed E-state index contributed by atoms with van der Waals surface area (Å²) in [7, 11) is 0. The molecular weight excluding hydrogens is 408 g/mol. The molecule has 2 heterocycles. The fourth-order valence-electron chi connectivity index (χ4n) is 3.38. The van der Waals surface area contributed by atoms with Crippen LogP contribution in [0, 0.1) is 6.92 Å². The Morgan fingerprint density at radius 1 is 1.06 bits per heavy atom. The van der Waals surface area contributed by atoms with Crippen LogP contribution in [0.3, 0.4) is 0 Å². The highest BCUT2D eigenvalue weighted by atomic mass is 32.2. The van der Waals surface area contributed by atoms with Gasteiger partial charge in [0.15, 0.2) is 5.16 Å². The summed E-state index contributed by atoms with van der Waals surface area (Å²) in [6.07, 6.45) is 0. The van der Waals surface area contributed by atoms with Gasteiger partial charge in [-0.25, -0.2) is 9.97 Å². The second-order valence-corrected chi connectivity index (χ2v) is 8.75. The van der Waals surface area contributed by atoms with E-state index in [1.165, 1.54) is 11.8 Å². The van der Waals surface area contributed by atoms with Crippen LogP contribution >= 0.6 is 11.8 Å². The minimum Gasteiger partial charge on any atom is -0.378 e. The van der Waals surface area contributed by atoms with Crippen LogP contribution in [-0.2, 0) is 9.53 Å². The molecule has 1 amide bonds. The van der Waals surface area contributed by atoms with Gasteiger partial charge in [0.1, 0.15) is 0 Å². The maximum atomic E-state index is 12.7. The van der Waals surface area contributed by atoms with Crippen molar-refractivity contribution in [1.29, 1.82) is 0 Å². The molecular formula is C24H26N4O2S. The van der Waals surface area contributed by atoms with Gasteiger partial charge in [-0.15, -0.1) is 0 Å². The smallest absolute Gasteiger partial charge is 0.237 e. The molecule has 0 radical (unpaired) electrons. The highest BCUT2D eigenvalue weighted by Crippen LogP contribution is 2.26. The number of hydrogen-bond donors (Lipinski definition) is 1. The number of carbonyl (C=O) groups excluding carboxylic acids is 1. The minimum atomic E-state index is -0.329. The number of hydrogen-bond acceptors (Lipinski definition) is 6. The number of amides is 1. The van der Waals surface area contributed by atoms with E-state index in [4.69, 9.17) is 4.74 Å². The van der Waals surface area contributed by atoms with Gasteiger partial charge in [0.2, 0.25) is 5.91 Å². The molecule has 0 bridgehead atoms. The van der Waals surface area contributed by atoms with Gasteiger partial charge in [-0.05, 0) is 44.2 Å². The summed E-state index contributed by atoms with van der Waals surface area (Å²) in [5.74, 6) is -0.0736. The van der Waals surface area contributed by atoms with Crippen molar-refractivity contribution in [2.45, 2.75) is 24.3 Å². The predicted octanol–water partition coefficient (Wildman–Crippen LogP) is 4.41. The van der Waals surface area contributed by atoms with Crippen molar-refractivity contribution in [2.24, 2.45) is 0 Å². The third kappa shape index (κ3) is 5.62. The number of morpholine rings is 1. The lowest BCUT2D eigenvalue weighted by molar-refractivity contribution is -0.115. The van der Waals surface area contributed by atoms with E-state index in [9.17, 15) is 4.79 Å². The second kappa shape index (κ2) is 9.94. The normalized spacial score (nSPS) is 14.8. The molecule has 7 heteroatoms. The third-order valence-corrected chi connectivity index (χ3v) is 6.03. The van der Waals surface area contributed by atoms with E-state index in [-0.39, 0.29) is 11.2 Å².